The summed E-state index contributed by atoms with van der Waals surface area (Å²) < 4.78 is 0. The molecule has 4 aromatic carbocycles. The van der Waals surface area contributed by atoms with Crippen molar-refractivity contribution >= 4 is 22.9 Å². The maximum atomic E-state index is 10.4. The van der Waals surface area contributed by atoms with Crippen LogP contribution in [0.3, 0.4) is 0 Å². The molecule has 0 aliphatic carbocycles. The maximum absolute atomic E-state index is 10.4. The lowest BCUT2D eigenvalue weighted by molar-refractivity contribution is 0.446. The van der Waals surface area contributed by atoms with Crippen molar-refractivity contribution in [1.82, 2.24) is 0 Å². The monoisotopic (exact) mass is 368 g/mol. The molecule has 0 heterocycles. The first kappa shape index (κ1) is 17.7. The predicted octanol–water partition coefficient (Wildman–Crippen LogP) is 5.72. The van der Waals surface area contributed by atoms with Crippen LogP contribution in [-0.4, -0.2) is 15.3 Å². The smallest absolute Gasteiger partial charge is 0.123 e. The van der Waals surface area contributed by atoms with Crippen LogP contribution in [0.15, 0.2) is 78.9 Å². The Kier molecular flexibility index (Phi) is 4.73. The summed E-state index contributed by atoms with van der Waals surface area (Å²) in [6.07, 6.45) is 4.40. The Labute approximate surface area is 163 Å². The summed E-state index contributed by atoms with van der Waals surface area (Å²) in [6.45, 7) is 0. The van der Waals surface area contributed by atoms with Gasteiger partial charge >= 0.3 is 0 Å². The first-order chi connectivity index (χ1) is 13.6. The average molecular weight is 368 g/mol. The third kappa shape index (κ3) is 3.69. The molecule has 0 spiro atoms. The molecule has 0 radical (unpaired) electrons. The molecule has 3 heteroatoms. The van der Waals surface area contributed by atoms with Gasteiger partial charge in [0, 0.05) is 18.1 Å². The SMILES string of the molecule is Oc1ccc(Cc2c(O)cc(O)cc2/C=C/c2cccc3ccccc23)cc1. The van der Waals surface area contributed by atoms with E-state index in [1.807, 2.05) is 48.6 Å². The van der Waals surface area contributed by atoms with Crippen molar-refractivity contribution < 1.29 is 15.3 Å². The van der Waals surface area contributed by atoms with Gasteiger partial charge in [-0.25, -0.2) is 0 Å². The highest BCUT2D eigenvalue weighted by atomic mass is 16.3. The van der Waals surface area contributed by atoms with E-state index in [4.69, 9.17) is 0 Å². The highest BCUT2D eigenvalue weighted by Gasteiger charge is 2.10. The van der Waals surface area contributed by atoms with Gasteiger partial charge < -0.3 is 15.3 Å². The van der Waals surface area contributed by atoms with Gasteiger partial charge in [-0.05, 0) is 45.7 Å². The molecular weight excluding hydrogens is 348 g/mol. The van der Waals surface area contributed by atoms with Gasteiger partial charge in [0.1, 0.15) is 17.2 Å². The van der Waals surface area contributed by atoms with E-state index in [1.165, 1.54) is 6.07 Å². The number of phenols is 3. The van der Waals surface area contributed by atoms with Crippen LogP contribution in [-0.2, 0) is 6.42 Å². The molecule has 3 nitrogen and oxygen atoms in total. The highest BCUT2D eigenvalue weighted by molar-refractivity contribution is 5.93. The molecule has 3 N–H and O–H groups in total. The molecule has 28 heavy (non-hydrogen) atoms. The summed E-state index contributed by atoms with van der Waals surface area (Å²) in [5.74, 6) is 0.268. The Balaban J connectivity index is 1.74. The number of rotatable bonds is 4. The van der Waals surface area contributed by atoms with E-state index in [1.54, 1.807) is 18.2 Å². The molecule has 0 bridgehead atoms. The summed E-state index contributed by atoms with van der Waals surface area (Å²) in [6, 6.07) is 24.2. The van der Waals surface area contributed by atoms with Crippen molar-refractivity contribution in [3.8, 4) is 17.2 Å². The van der Waals surface area contributed by atoms with Crippen molar-refractivity contribution in [2.45, 2.75) is 6.42 Å². The molecule has 0 aliphatic rings. The van der Waals surface area contributed by atoms with Gasteiger partial charge in [0.15, 0.2) is 0 Å². The van der Waals surface area contributed by atoms with Gasteiger partial charge in [0.2, 0.25) is 0 Å². The summed E-state index contributed by atoms with van der Waals surface area (Å²) in [4.78, 5) is 0. The minimum absolute atomic E-state index is 0.0181. The predicted molar refractivity (Wildman–Crippen MR) is 114 cm³/mol. The van der Waals surface area contributed by atoms with Crippen molar-refractivity contribution in [3.63, 3.8) is 0 Å². The van der Waals surface area contributed by atoms with Crippen LogP contribution in [0.1, 0.15) is 22.3 Å². The molecular formula is C25H20O3. The topological polar surface area (TPSA) is 60.7 Å². The summed E-state index contributed by atoms with van der Waals surface area (Å²) in [7, 11) is 0. The summed E-state index contributed by atoms with van der Waals surface area (Å²) in [5.41, 5.74) is 3.49. The van der Waals surface area contributed by atoms with Crippen molar-refractivity contribution in [2.75, 3.05) is 0 Å². The third-order valence-corrected chi connectivity index (χ3v) is 4.83. The number of phenolic OH excluding ortho intramolecular Hbond substituents is 3. The van der Waals surface area contributed by atoms with Crippen LogP contribution in [0.2, 0.25) is 0 Å². The zero-order valence-corrected chi connectivity index (χ0v) is 15.2. The van der Waals surface area contributed by atoms with Gasteiger partial charge in [0.05, 0.1) is 0 Å². The first-order valence-corrected chi connectivity index (χ1v) is 9.09. The van der Waals surface area contributed by atoms with Crippen LogP contribution in [0.4, 0.5) is 0 Å². The molecule has 0 saturated carbocycles. The van der Waals surface area contributed by atoms with Crippen LogP contribution in [0.5, 0.6) is 17.2 Å². The molecule has 0 aliphatic heterocycles. The van der Waals surface area contributed by atoms with Crippen LogP contribution in [0, 0.1) is 0 Å². The van der Waals surface area contributed by atoms with E-state index in [0.29, 0.717) is 6.42 Å². The molecule has 4 aromatic rings. The van der Waals surface area contributed by atoms with Gasteiger partial charge in [-0.1, -0.05) is 66.7 Å². The molecule has 4 rings (SSSR count). The first-order valence-electron chi connectivity index (χ1n) is 9.09. The number of aromatic hydroxyl groups is 3. The molecule has 0 fully saturated rings. The Morgan fingerprint density at radius 3 is 2.18 bits per heavy atom. The fourth-order valence-electron chi connectivity index (χ4n) is 3.40. The Bertz CT molecular complexity index is 1150. The molecule has 0 aromatic heterocycles. The van der Waals surface area contributed by atoms with E-state index < -0.39 is 0 Å². The van der Waals surface area contributed by atoms with Gasteiger partial charge in [-0.15, -0.1) is 0 Å². The summed E-state index contributed by atoms with van der Waals surface area (Å²) >= 11 is 0. The van der Waals surface area contributed by atoms with Crippen molar-refractivity contribution in [2.24, 2.45) is 0 Å². The van der Waals surface area contributed by atoms with Gasteiger partial charge in [0.25, 0.3) is 0 Å². The van der Waals surface area contributed by atoms with Gasteiger partial charge in [-0.2, -0.15) is 0 Å². The Morgan fingerprint density at radius 2 is 1.36 bits per heavy atom. The zero-order chi connectivity index (χ0) is 19.5. The minimum Gasteiger partial charge on any atom is -0.508 e. The molecule has 0 amide bonds. The van der Waals surface area contributed by atoms with E-state index >= 15 is 0 Å². The fourth-order valence-corrected chi connectivity index (χ4v) is 3.40. The second kappa shape index (κ2) is 7.49. The van der Waals surface area contributed by atoms with E-state index in [2.05, 4.69) is 18.2 Å². The number of benzene rings is 4. The lowest BCUT2D eigenvalue weighted by Gasteiger charge is -2.11. The fraction of sp³-hybridized carbons (Fsp3) is 0.0400. The quantitative estimate of drug-likeness (QED) is 0.404. The average Bonchev–Trinajstić information content (AvgIpc) is 2.70. The van der Waals surface area contributed by atoms with Crippen LogP contribution in [0.25, 0.3) is 22.9 Å². The standard InChI is InChI=1S/C25H20O3/c26-21-12-8-17(9-13-21)14-24-20(15-22(27)16-25(24)28)11-10-19-6-3-5-18-4-1-2-7-23(18)19/h1-13,15-16,26-28H,14H2/b11-10+. The lowest BCUT2D eigenvalue weighted by atomic mass is 9.96. The lowest BCUT2D eigenvalue weighted by Crippen LogP contribution is -1.93. The molecule has 0 unspecified atom stereocenters. The minimum atomic E-state index is 0.0181. The highest BCUT2D eigenvalue weighted by Crippen LogP contribution is 2.31. The Morgan fingerprint density at radius 1 is 0.643 bits per heavy atom. The van der Waals surface area contributed by atoms with E-state index in [-0.39, 0.29) is 17.2 Å². The Hall–Kier alpha value is -3.72. The van der Waals surface area contributed by atoms with E-state index in [9.17, 15) is 15.3 Å². The van der Waals surface area contributed by atoms with Crippen LogP contribution < -0.4 is 0 Å². The maximum Gasteiger partial charge on any atom is 0.123 e. The molecule has 0 saturated heterocycles. The second-order valence-corrected chi connectivity index (χ2v) is 6.78. The second-order valence-electron chi connectivity index (χ2n) is 6.78. The number of fused-ring (bicyclic) bond motifs is 1. The molecule has 0 atom stereocenters. The normalized spacial score (nSPS) is 11.3. The number of hydrogen-bond donors (Lipinski definition) is 3. The summed E-state index contributed by atoms with van der Waals surface area (Å²) in [5, 5.41) is 32.2. The number of hydrogen-bond acceptors (Lipinski definition) is 3. The molecule has 138 valence electrons. The van der Waals surface area contributed by atoms with Gasteiger partial charge in [-0.3, -0.25) is 0 Å². The van der Waals surface area contributed by atoms with Crippen molar-refractivity contribution in [3.05, 3.63) is 101 Å². The third-order valence-electron chi connectivity index (χ3n) is 4.83. The largest absolute Gasteiger partial charge is 0.508 e. The van der Waals surface area contributed by atoms with E-state index in [0.717, 1.165) is 33.0 Å². The van der Waals surface area contributed by atoms with Crippen LogP contribution >= 0.6 is 0 Å². The zero-order valence-electron chi connectivity index (χ0n) is 15.2. The van der Waals surface area contributed by atoms with Crippen molar-refractivity contribution in [1.29, 1.82) is 0 Å².